The molecular weight excluding hydrogens is 488 g/mol. The highest BCUT2D eigenvalue weighted by atomic mass is 32.2. The number of anilines is 2. The molecule has 7 nitrogen and oxygen atoms in total. The van der Waals surface area contributed by atoms with E-state index in [1.807, 2.05) is 48.5 Å². The Morgan fingerprint density at radius 2 is 1.89 bits per heavy atom. The number of hydrogen-bond acceptors (Lipinski definition) is 6. The smallest absolute Gasteiger partial charge is 0.308 e. The molecule has 0 radical (unpaired) electrons. The maximum absolute atomic E-state index is 13.7. The molecular formula is C29H28N2O5S. The summed E-state index contributed by atoms with van der Waals surface area (Å²) in [5, 5.41) is 3.65. The van der Waals surface area contributed by atoms with Crippen LogP contribution in [-0.4, -0.2) is 28.0 Å². The average molecular weight is 517 g/mol. The van der Waals surface area contributed by atoms with E-state index >= 15 is 0 Å². The second-order valence-corrected chi connectivity index (χ2v) is 11.5. The standard InChI is InChI=1S/C29H28N2O5S/c1-18(32)36-27-13-10-20(16-28(27)35-2)29-23-8-5-7-22(23)24-17-21(11-12-25(24)30-29)37(33,34)31-15-14-19-6-3-4-9-26(19)31/h3-7,9-13,16-17,22-23,29-30H,8,14-15H2,1-2H3. The molecule has 3 aromatic carbocycles. The van der Waals surface area contributed by atoms with Gasteiger partial charge >= 0.3 is 5.97 Å². The van der Waals surface area contributed by atoms with Gasteiger partial charge in [0.25, 0.3) is 10.0 Å². The van der Waals surface area contributed by atoms with Crippen LogP contribution in [0.3, 0.4) is 0 Å². The first kappa shape index (κ1) is 23.6. The number of para-hydroxylation sites is 1. The molecule has 0 bridgehead atoms. The number of fused-ring (bicyclic) bond motifs is 4. The van der Waals surface area contributed by atoms with Crippen LogP contribution in [0.4, 0.5) is 11.4 Å². The molecule has 1 aliphatic carbocycles. The number of rotatable bonds is 5. The number of ether oxygens (including phenoxy) is 2. The van der Waals surface area contributed by atoms with E-state index in [0.717, 1.165) is 40.9 Å². The summed E-state index contributed by atoms with van der Waals surface area (Å²) < 4.78 is 39.7. The molecule has 0 saturated heterocycles. The number of carbonyl (C=O) groups excluding carboxylic acids is 1. The van der Waals surface area contributed by atoms with Crippen molar-refractivity contribution in [2.45, 2.75) is 36.6 Å². The van der Waals surface area contributed by atoms with Gasteiger partial charge < -0.3 is 14.8 Å². The Morgan fingerprint density at radius 3 is 2.70 bits per heavy atom. The van der Waals surface area contributed by atoms with Gasteiger partial charge in [0.15, 0.2) is 11.5 Å². The number of allylic oxidation sites excluding steroid dienone is 2. The molecule has 8 heteroatoms. The van der Waals surface area contributed by atoms with E-state index < -0.39 is 16.0 Å². The molecule has 190 valence electrons. The van der Waals surface area contributed by atoms with Gasteiger partial charge in [-0.25, -0.2) is 8.42 Å². The lowest BCUT2D eigenvalue weighted by molar-refractivity contribution is -0.132. The number of benzene rings is 3. The van der Waals surface area contributed by atoms with Crippen LogP contribution < -0.4 is 19.1 Å². The fourth-order valence-corrected chi connectivity index (χ4v) is 7.40. The summed E-state index contributed by atoms with van der Waals surface area (Å²) in [4.78, 5) is 11.8. The van der Waals surface area contributed by atoms with E-state index in [1.54, 1.807) is 19.2 Å². The van der Waals surface area contributed by atoms with E-state index in [1.165, 1.54) is 11.2 Å². The molecule has 0 saturated carbocycles. The molecule has 2 aliphatic heterocycles. The van der Waals surface area contributed by atoms with Gasteiger partial charge in [0.2, 0.25) is 0 Å². The van der Waals surface area contributed by atoms with Crippen molar-refractivity contribution in [1.29, 1.82) is 0 Å². The Balaban J connectivity index is 1.34. The fourth-order valence-electron chi connectivity index (χ4n) is 5.86. The topological polar surface area (TPSA) is 84.9 Å². The molecule has 1 N–H and O–H groups in total. The van der Waals surface area contributed by atoms with Crippen LogP contribution in [0.2, 0.25) is 0 Å². The number of carbonyl (C=O) groups is 1. The largest absolute Gasteiger partial charge is 0.493 e. The highest BCUT2D eigenvalue weighted by Gasteiger charge is 2.39. The van der Waals surface area contributed by atoms with E-state index in [2.05, 4.69) is 17.5 Å². The Labute approximate surface area is 216 Å². The molecule has 6 rings (SSSR count). The second kappa shape index (κ2) is 8.95. The molecule has 0 fully saturated rings. The van der Waals surface area contributed by atoms with Crippen molar-refractivity contribution in [3.05, 3.63) is 89.5 Å². The predicted molar refractivity (Wildman–Crippen MR) is 142 cm³/mol. The molecule has 3 unspecified atom stereocenters. The Bertz CT molecular complexity index is 1530. The molecule has 0 amide bonds. The van der Waals surface area contributed by atoms with Crippen LogP contribution in [0, 0.1) is 5.92 Å². The zero-order valence-electron chi connectivity index (χ0n) is 20.7. The van der Waals surface area contributed by atoms with Crippen molar-refractivity contribution in [3.8, 4) is 11.5 Å². The van der Waals surface area contributed by atoms with Crippen molar-refractivity contribution in [1.82, 2.24) is 0 Å². The highest BCUT2D eigenvalue weighted by molar-refractivity contribution is 7.92. The van der Waals surface area contributed by atoms with E-state index in [9.17, 15) is 13.2 Å². The van der Waals surface area contributed by atoms with Crippen molar-refractivity contribution in [2.75, 3.05) is 23.3 Å². The summed E-state index contributed by atoms with van der Waals surface area (Å²) >= 11 is 0. The molecule has 3 aromatic rings. The van der Waals surface area contributed by atoms with Crippen LogP contribution in [0.15, 0.2) is 77.7 Å². The Morgan fingerprint density at radius 1 is 1.05 bits per heavy atom. The van der Waals surface area contributed by atoms with Gasteiger partial charge in [0, 0.05) is 25.1 Å². The third kappa shape index (κ3) is 3.96. The lowest BCUT2D eigenvalue weighted by Crippen LogP contribution is -2.31. The number of nitrogens with one attached hydrogen (secondary N) is 1. The third-order valence-electron chi connectivity index (χ3n) is 7.57. The summed E-state index contributed by atoms with van der Waals surface area (Å²) in [7, 11) is -2.13. The molecule has 37 heavy (non-hydrogen) atoms. The van der Waals surface area contributed by atoms with E-state index in [0.29, 0.717) is 22.9 Å². The molecule has 3 aliphatic rings. The van der Waals surface area contributed by atoms with Crippen LogP contribution >= 0.6 is 0 Å². The van der Waals surface area contributed by atoms with Crippen LogP contribution in [0.25, 0.3) is 0 Å². The lowest BCUT2D eigenvalue weighted by atomic mass is 9.77. The van der Waals surface area contributed by atoms with Crippen molar-refractivity contribution < 1.29 is 22.7 Å². The van der Waals surface area contributed by atoms with Crippen molar-refractivity contribution in [2.24, 2.45) is 5.92 Å². The first-order valence-electron chi connectivity index (χ1n) is 12.4. The fraction of sp³-hybridized carbons (Fsp3) is 0.276. The molecule has 0 aromatic heterocycles. The molecule has 2 heterocycles. The normalized spacial score (nSPS) is 21.6. The highest BCUT2D eigenvalue weighted by Crippen LogP contribution is 2.51. The zero-order chi connectivity index (χ0) is 25.7. The van der Waals surface area contributed by atoms with Crippen LogP contribution in [0.5, 0.6) is 11.5 Å². The minimum Gasteiger partial charge on any atom is -0.493 e. The van der Waals surface area contributed by atoms with Gasteiger partial charge in [-0.05, 0) is 71.8 Å². The average Bonchev–Trinajstić information content (AvgIpc) is 3.56. The quantitative estimate of drug-likeness (QED) is 0.285. The van der Waals surface area contributed by atoms with Crippen LogP contribution in [-0.2, 0) is 21.2 Å². The number of hydrogen-bond donors (Lipinski definition) is 1. The minimum absolute atomic E-state index is 0.0132. The van der Waals surface area contributed by atoms with Gasteiger partial charge in [-0.1, -0.05) is 36.4 Å². The van der Waals surface area contributed by atoms with Gasteiger partial charge in [-0.3, -0.25) is 9.10 Å². The van der Waals surface area contributed by atoms with Crippen molar-refractivity contribution >= 4 is 27.4 Å². The van der Waals surface area contributed by atoms with Crippen LogP contribution in [0.1, 0.15) is 42.0 Å². The van der Waals surface area contributed by atoms with Gasteiger partial charge in [0.05, 0.1) is 23.7 Å². The SMILES string of the molecule is COc1cc(C2Nc3ccc(S(=O)(=O)N4CCc5ccccc54)cc3C3C=CCC32)ccc1OC(C)=O. The summed E-state index contributed by atoms with van der Waals surface area (Å²) in [5.41, 5.74) is 4.75. The Hall–Kier alpha value is -3.78. The Kier molecular flexibility index (Phi) is 5.71. The number of nitrogens with zero attached hydrogens (tertiary/aromatic N) is 1. The van der Waals surface area contributed by atoms with Gasteiger partial charge in [-0.2, -0.15) is 0 Å². The number of esters is 1. The second-order valence-electron chi connectivity index (χ2n) is 9.68. The first-order chi connectivity index (χ1) is 17.9. The lowest BCUT2D eigenvalue weighted by Gasteiger charge is -2.38. The minimum atomic E-state index is -3.68. The number of methoxy groups -OCH3 is 1. The monoisotopic (exact) mass is 516 g/mol. The molecule has 3 atom stereocenters. The summed E-state index contributed by atoms with van der Waals surface area (Å²) in [6.07, 6.45) is 5.94. The third-order valence-corrected chi connectivity index (χ3v) is 9.38. The van der Waals surface area contributed by atoms with Gasteiger partial charge in [-0.15, -0.1) is 0 Å². The predicted octanol–water partition coefficient (Wildman–Crippen LogP) is 5.20. The maximum Gasteiger partial charge on any atom is 0.308 e. The van der Waals surface area contributed by atoms with Crippen molar-refractivity contribution in [3.63, 3.8) is 0 Å². The van der Waals surface area contributed by atoms with E-state index in [-0.39, 0.29) is 17.9 Å². The number of sulfonamides is 1. The first-order valence-corrected chi connectivity index (χ1v) is 13.8. The maximum atomic E-state index is 13.7. The van der Waals surface area contributed by atoms with E-state index in [4.69, 9.17) is 9.47 Å². The zero-order valence-corrected chi connectivity index (χ0v) is 21.5. The summed E-state index contributed by atoms with van der Waals surface area (Å²) in [6, 6.07) is 18.7. The summed E-state index contributed by atoms with van der Waals surface area (Å²) in [6.45, 7) is 1.81. The van der Waals surface area contributed by atoms with Gasteiger partial charge in [0.1, 0.15) is 0 Å². The molecule has 0 spiro atoms. The summed E-state index contributed by atoms with van der Waals surface area (Å²) in [5.74, 6) is 0.771.